The van der Waals surface area contributed by atoms with Crippen LogP contribution in [0.3, 0.4) is 0 Å². The normalized spacial score (nSPS) is 28.3. The Bertz CT molecular complexity index is 216. The third-order valence-electron chi connectivity index (χ3n) is 2.27. The Kier molecular flexibility index (Phi) is 3.25. The van der Waals surface area contributed by atoms with Gasteiger partial charge in [-0.1, -0.05) is 0 Å². The summed E-state index contributed by atoms with van der Waals surface area (Å²) < 4.78 is 0. The van der Waals surface area contributed by atoms with Gasteiger partial charge in [0, 0.05) is 6.42 Å². The fourth-order valence-electron chi connectivity index (χ4n) is 1.62. The summed E-state index contributed by atoms with van der Waals surface area (Å²) >= 11 is 0. The molecule has 1 aliphatic rings. The highest BCUT2D eigenvalue weighted by atomic mass is 16.4. The number of carbonyl (C=O) groups is 2. The lowest BCUT2D eigenvalue weighted by Gasteiger charge is -2.26. The van der Waals surface area contributed by atoms with Gasteiger partial charge in [0.25, 0.3) is 0 Å². The van der Waals surface area contributed by atoms with E-state index in [4.69, 9.17) is 10.2 Å². The summed E-state index contributed by atoms with van der Waals surface area (Å²) in [4.78, 5) is 21.0. The van der Waals surface area contributed by atoms with E-state index in [1.165, 1.54) is 0 Å². The molecule has 0 unspecified atom stereocenters. The van der Waals surface area contributed by atoms with E-state index in [0.29, 0.717) is 13.0 Å². The molecule has 13 heavy (non-hydrogen) atoms. The molecule has 3 N–H and O–H groups in total. The first kappa shape index (κ1) is 9.98. The predicted molar refractivity (Wildman–Crippen MR) is 44.4 cm³/mol. The van der Waals surface area contributed by atoms with Crippen molar-refractivity contribution in [1.82, 2.24) is 5.32 Å². The van der Waals surface area contributed by atoms with E-state index >= 15 is 0 Å². The van der Waals surface area contributed by atoms with Crippen LogP contribution in [0.5, 0.6) is 0 Å². The molecule has 0 spiro atoms. The van der Waals surface area contributed by atoms with Gasteiger partial charge in [0.15, 0.2) is 0 Å². The second-order valence-electron chi connectivity index (χ2n) is 3.33. The van der Waals surface area contributed by atoms with Crippen molar-refractivity contribution in [2.45, 2.75) is 25.3 Å². The Morgan fingerprint density at radius 3 is 2.62 bits per heavy atom. The standard InChI is InChI=1S/C8H13NO4/c10-7(11)4-5-1-2-9-6(3-5)8(12)13/h5-6,9H,1-4H2,(H,10,11)(H,12,13)/t5-,6+/m0/s1. The first-order valence-electron chi connectivity index (χ1n) is 4.27. The van der Waals surface area contributed by atoms with E-state index in [2.05, 4.69) is 5.32 Å². The van der Waals surface area contributed by atoms with Crippen molar-refractivity contribution in [3.8, 4) is 0 Å². The number of carboxylic acid groups (broad SMARTS) is 2. The first-order chi connectivity index (χ1) is 6.09. The molecule has 0 bridgehead atoms. The molecule has 0 aliphatic carbocycles. The Morgan fingerprint density at radius 2 is 2.08 bits per heavy atom. The maximum atomic E-state index is 10.6. The Hall–Kier alpha value is -1.10. The van der Waals surface area contributed by atoms with Crippen LogP contribution in [0.25, 0.3) is 0 Å². The number of piperidine rings is 1. The van der Waals surface area contributed by atoms with Crippen molar-refractivity contribution in [2.24, 2.45) is 5.92 Å². The highest BCUT2D eigenvalue weighted by molar-refractivity contribution is 5.74. The molecule has 0 saturated carbocycles. The van der Waals surface area contributed by atoms with E-state index in [1.54, 1.807) is 0 Å². The van der Waals surface area contributed by atoms with Crippen LogP contribution in [0.4, 0.5) is 0 Å². The Morgan fingerprint density at radius 1 is 1.38 bits per heavy atom. The van der Waals surface area contributed by atoms with Crippen molar-refractivity contribution >= 4 is 11.9 Å². The minimum absolute atomic E-state index is 0.000139. The number of aliphatic carboxylic acids is 2. The lowest BCUT2D eigenvalue weighted by Crippen LogP contribution is -2.43. The topological polar surface area (TPSA) is 86.6 Å². The summed E-state index contributed by atoms with van der Waals surface area (Å²) in [7, 11) is 0. The van der Waals surface area contributed by atoms with E-state index in [-0.39, 0.29) is 12.3 Å². The van der Waals surface area contributed by atoms with E-state index < -0.39 is 18.0 Å². The van der Waals surface area contributed by atoms with Gasteiger partial charge >= 0.3 is 11.9 Å². The molecule has 0 radical (unpaired) electrons. The monoisotopic (exact) mass is 187 g/mol. The van der Waals surface area contributed by atoms with E-state index in [1.807, 2.05) is 0 Å². The Labute approximate surface area is 75.7 Å². The predicted octanol–water partition coefficient (Wildman–Crippen LogP) is -0.0861. The molecule has 1 fully saturated rings. The van der Waals surface area contributed by atoms with Crippen molar-refractivity contribution in [3.05, 3.63) is 0 Å². The number of rotatable bonds is 3. The van der Waals surface area contributed by atoms with Crippen molar-refractivity contribution in [1.29, 1.82) is 0 Å². The molecule has 0 aromatic heterocycles. The first-order valence-corrected chi connectivity index (χ1v) is 4.27. The molecule has 1 saturated heterocycles. The summed E-state index contributed by atoms with van der Waals surface area (Å²) in [6.07, 6.45) is 1.24. The van der Waals surface area contributed by atoms with Crippen LogP contribution in [0.1, 0.15) is 19.3 Å². The fourth-order valence-corrected chi connectivity index (χ4v) is 1.62. The second kappa shape index (κ2) is 4.23. The van der Waals surface area contributed by atoms with Gasteiger partial charge in [-0.2, -0.15) is 0 Å². The average molecular weight is 187 g/mol. The third-order valence-corrected chi connectivity index (χ3v) is 2.27. The van der Waals surface area contributed by atoms with Crippen LogP contribution in [-0.2, 0) is 9.59 Å². The molecule has 74 valence electrons. The molecule has 5 nitrogen and oxygen atoms in total. The highest BCUT2D eigenvalue weighted by Crippen LogP contribution is 2.19. The van der Waals surface area contributed by atoms with Gasteiger partial charge in [0.2, 0.25) is 0 Å². The largest absolute Gasteiger partial charge is 0.481 e. The van der Waals surface area contributed by atoms with Gasteiger partial charge in [-0.15, -0.1) is 0 Å². The quantitative estimate of drug-likeness (QED) is 0.575. The van der Waals surface area contributed by atoms with Crippen molar-refractivity contribution < 1.29 is 19.8 Å². The van der Waals surface area contributed by atoms with Crippen LogP contribution >= 0.6 is 0 Å². The number of hydrogen-bond acceptors (Lipinski definition) is 3. The lowest BCUT2D eigenvalue weighted by molar-refractivity contribution is -0.143. The van der Waals surface area contributed by atoms with Crippen LogP contribution in [0.2, 0.25) is 0 Å². The minimum atomic E-state index is -0.893. The van der Waals surface area contributed by atoms with Crippen molar-refractivity contribution in [3.63, 3.8) is 0 Å². The van der Waals surface area contributed by atoms with Gasteiger partial charge < -0.3 is 15.5 Å². The molecule has 1 aliphatic heterocycles. The third kappa shape index (κ3) is 3.02. The Balaban J connectivity index is 2.41. The molecule has 2 atom stereocenters. The summed E-state index contributed by atoms with van der Waals surface area (Å²) in [6, 6.07) is -0.571. The summed E-state index contributed by atoms with van der Waals surface area (Å²) in [6.45, 7) is 0.592. The van der Waals surface area contributed by atoms with Gasteiger partial charge in [0.1, 0.15) is 6.04 Å². The number of carboxylic acids is 2. The molecule has 1 heterocycles. The summed E-state index contributed by atoms with van der Waals surface area (Å²) in [5, 5.41) is 20.0. The van der Waals surface area contributed by atoms with Crippen LogP contribution in [-0.4, -0.2) is 34.7 Å². The smallest absolute Gasteiger partial charge is 0.320 e. The van der Waals surface area contributed by atoms with Crippen LogP contribution in [0.15, 0.2) is 0 Å². The zero-order valence-electron chi connectivity index (χ0n) is 7.19. The summed E-state index contributed by atoms with van der Waals surface area (Å²) in [5.41, 5.74) is 0. The number of hydrogen-bond donors (Lipinski definition) is 3. The van der Waals surface area contributed by atoms with Crippen LogP contribution in [0, 0.1) is 5.92 Å². The molecule has 0 aromatic rings. The fraction of sp³-hybridized carbons (Fsp3) is 0.750. The van der Waals surface area contributed by atoms with E-state index in [9.17, 15) is 9.59 Å². The summed E-state index contributed by atoms with van der Waals surface area (Å²) in [5.74, 6) is -1.74. The van der Waals surface area contributed by atoms with Gasteiger partial charge in [-0.3, -0.25) is 9.59 Å². The zero-order chi connectivity index (χ0) is 9.84. The molecule has 1 rings (SSSR count). The molecular formula is C8H13NO4. The molecule has 0 aromatic carbocycles. The second-order valence-corrected chi connectivity index (χ2v) is 3.33. The molecular weight excluding hydrogens is 174 g/mol. The van der Waals surface area contributed by atoms with Gasteiger partial charge in [-0.05, 0) is 25.3 Å². The molecule has 5 heteroatoms. The van der Waals surface area contributed by atoms with Crippen LogP contribution < -0.4 is 5.32 Å². The SMILES string of the molecule is O=C(O)C[C@H]1CCN[C@@H](C(=O)O)C1. The zero-order valence-corrected chi connectivity index (χ0v) is 7.19. The highest BCUT2D eigenvalue weighted by Gasteiger charge is 2.27. The van der Waals surface area contributed by atoms with Gasteiger partial charge in [0.05, 0.1) is 0 Å². The number of nitrogens with one attached hydrogen (secondary N) is 1. The van der Waals surface area contributed by atoms with Gasteiger partial charge in [-0.25, -0.2) is 0 Å². The molecule has 0 amide bonds. The minimum Gasteiger partial charge on any atom is -0.481 e. The lowest BCUT2D eigenvalue weighted by atomic mass is 9.90. The maximum Gasteiger partial charge on any atom is 0.320 e. The average Bonchev–Trinajstić information content (AvgIpc) is 2.03. The maximum absolute atomic E-state index is 10.6. The van der Waals surface area contributed by atoms with Crippen molar-refractivity contribution in [2.75, 3.05) is 6.54 Å². The van der Waals surface area contributed by atoms with E-state index in [0.717, 1.165) is 6.42 Å².